The highest BCUT2D eigenvalue weighted by molar-refractivity contribution is 8.77. The molecule has 0 aromatic rings. The molecular formula is C14H31ClN4S2. The second-order valence-electron chi connectivity index (χ2n) is 5.91. The molecule has 2 heterocycles. The minimum atomic E-state index is 0. The van der Waals surface area contributed by atoms with Crippen molar-refractivity contribution in [1.82, 2.24) is 20.2 Å². The van der Waals surface area contributed by atoms with Gasteiger partial charge >= 0.3 is 0 Å². The Labute approximate surface area is 144 Å². The van der Waals surface area contributed by atoms with Gasteiger partial charge in [0.1, 0.15) is 11.0 Å². The van der Waals surface area contributed by atoms with Gasteiger partial charge in [-0.05, 0) is 33.4 Å². The van der Waals surface area contributed by atoms with E-state index in [0.717, 1.165) is 0 Å². The minimum absolute atomic E-state index is 0. The van der Waals surface area contributed by atoms with Crippen LogP contribution in [0.1, 0.15) is 45.4 Å². The van der Waals surface area contributed by atoms with E-state index in [0.29, 0.717) is 11.0 Å². The number of unbranched alkanes of at least 4 members (excludes halogenated alkanes) is 3. The van der Waals surface area contributed by atoms with Crippen molar-refractivity contribution in [2.75, 3.05) is 33.7 Å². The van der Waals surface area contributed by atoms with Gasteiger partial charge in [-0.3, -0.25) is 10.2 Å². The highest BCUT2D eigenvalue weighted by Crippen LogP contribution is 2.39. The van der Waals surface area contributed by atoms with Crippen molar-refractivity contribution in [3.63, 3.8) is 0 Å². The summed E-state index contributed by atoms with van der Waals surface area (Å²) in [4.78, 5) is 2.26. The monoisotopic (exact) mass is 354 g/mol. The first-order chi connectivity index (χ1) is 9.72. The highest BCUT2D eigenvalue weighted by atomic mass is 35.5. The summed E-state index contributed by atoms with van der Waals surface area (Å²) in [5.41, 5.74) is 0.882. The highest BCUT2D eigenvalue weighted by Gasteiger charge is 2.34. The summed E-state index contributed by atoms with van der Waals surface area (Å²) in [5, 5.41) is 8.91. The van der Waals surface area contributed by atoms with Gasteiger partial charge in [-0.25, -0.2) is 10.0 Å². The van der Waals surface area contributed by atoms with Gasteiger partial charge in [0, 0.05) is 19.6 Å². The fourth-order valence-electron chi connectivity index (χ4n) is 2.72. The molecule has 0 amide bonds. The SMILES string of the molecule is CCCCCCN1CCCCN1C1NC(N(C)C)SS1.Cl. The molecule has 2 aliphatic heterocycles. The van der Waals surface area contributed by atoms with Gasteiger partial charge in [0.2, 0.25) is 0 Å². The van der Waals surface area contributed by atoms with Gasteiger partial charge in [0.05, 0.1) is 0 Å². The maximum Gasteiger partial charge on any atom is 0.133 e. The molecule has 1 N–H and O–H groups in total. The van der Waals surface area contributed by atoms with Crippen LogP contribution in [-0.4, -0.2) is 59.6 Å². The van der Waals surface area contributed by atoms with E-state index >= 15 is 0 Å². The zero-order valence-corrected chi connectivity index (χ0v) is 16.0. The molecule has 2 saturated heterocycles. The summed E-state index contributed by atoms with van der Waals surface area (Å²) in [6.07, 6.45) is 8.11. The molecule has 2 rings (SSSR count). The molecule has 0 bridgehead atoms. The molecule has 2 aliphatic rings. The second kappa shape index (κ2) is 10.6. The predicted octanol–water partition coefficient (Wildman–Crippen LogP) is 3.41. The fourth-order valence-corrected chi connectivity index (χ4v) is 5.67. The number of nitrogens with zero attached hydrogens (tertiary/aromatic N) is 3. The van der Waals surface area contributed by atoms with E-state index in [9.17, 15) is 0 Å². The first kappa shape index (κ1) is 19.9. The van der Waals surface area contributed by atoms with Crippen molar-refractivity contribution in [3.8, 4) is 0 Å². The van der Waals surface area contributed by atoms with Gasteiger partial charge in [0.25, 0.3) is 0 Å². The smallest absolute Gasteiger partial charge is 0.133 e. The predicted molar refractivity (Wildman–Crippen MR) is 98.5 cm³/mol. The fraction of sp³-hybridized carbons (Fsp3) is 1.00. The van der Waals surface area contributed by atoms with Crippen LogP contribution >= 0.6 is 34.0 Å². The number of halogens is 1. The lowest BCUT2D eigenvalue weighted by Gasteiger charge is -2.41. The van der Waals surface area contributed by atoms with Crippen LogP contribution in [0.5, 0.6) is 0 Å². The van der Waals surface area contributed by atoms with E-state index in [1.807, 2.05) is 21.6 Å². The third-order valence-electron chi connectivity index (χ3n) is 3.95. The quantitative estimate of drug-likeness (QED) is 0.554. The maximum atomic E-state index is 3.73. The lowest BCUT2D eigenvalue weighted by molar-refractivity contribution is -0.0693. The Balaban J connectivity index is 0.00000220. The summed E-state index contributed by atoms with van der Waals surface area (Å²) in [6.45, 7) is 5.96. The summed E-state index contributed by atoms with van der Waals surface area (Å²) in [6, 6.07) is 0. The van der Waals surface area contributed by atoms with Gasteiger partial charge in [-0.2, -0.15) is 0 Å². The standard InChI is InChI=1S/C14H30N4S2.ClH/c1-4-5-6-7-10-17-11-8-9-12-18(17)14-15-13(16(2)3)19-20-14;/h13-15H,4-12H2,1-3H3;1H. The van der Waals surface area contributed by atoms with E-state index in [-0.39, 0.29) is 12.4 Å². The molecule has 2 fully saturated rings. The summed E-state index contributed by atoms with van der Waals surface area (Å²) in [7, 11) is 8.22. The lowest BCUT2D eigenvalue weighted by Crippen LogP contribution is -2.56. The Morgan fingerprint density at radius 3 is 2.52 bits per heavy atom. The van der Waals surface area contributed by atoms with Crippen LogP contribution in [-0.2, 0) is 0 Å². The van der Waals surface area contributed by atoms with Crippen molar-refractivity contribution >= 4 is 34.0 Å². The minimum Gasteiger partial charge on any atom is -0.285 e. The Morgan fingerprint density at radius 2 is 1.86 bits per heavy atom. The first-order valence-corrected chi connectivity index (χ1v) is 10.3. The van der Waals surface area contributed by atoms with Crippen LogP contribution in [0.15, 0.2) is 0 Å². The average molecular weight is 355 g/mol. The molecule has 21 heavy (non-hydrogen) atoms. The first-order valence-electron chi connectivity index (χ1n) is 7.98. The van der Waals surface area contributed by atoms with Crippen LogP contribution < -0.4 is 5.32 Å². The van der Waals surface area contributed by atoms with Gasteiger partial charge in [-0.15, -0.1) is 12.4 Å². The molecule has 0 aliphatic carbocycles. The van der Waals surface area contributed by atoms with E-state index < -0.39 is 0 Å². The number of hydrazine groups is 1. The van der Waals surface area contributed by atoms with E-state index in [1.165, 1.54) is 58.2 Å². The third-order valence-corrected chi connectivity index (χ3v) is 6.79. The van der Waals surface area contributed by atoms with Gasteiger partial charge in [0.15, 0.2) is 0 Å². The Kier molecular flexibility index (Phi) is 10.0. The van der Waals surface area contributed by atoms with E-state index in [4.69, 9.17) is 0 Å². The maximum absolute atomic E-state index is 3.73. The summed E-state index contributed by atoms with van der Waals surface area (Å²) in [5.74, 6) is 0. The van der Waals surface area contributed by atoms with Crippen molar-refractivity contribution in [2.24, 2.45) is 0 Å². The molecule has 2 atom stereocenters. The zero-order chi connectivity index (χ0) is 14.4. The number of nitrogens with one attached hydrogen (secondary N) is 1. The van der Waals surface area contributed by atoms with Crippen LogP contribution in [0.25, 0.3) is 0 Å². The average Bonchev–Trinajstić information content (AvgIpc) is 2.94. The summed E-state index contributed by atoms with van der Waals surface area (Å²) >= 11 is 0. The van der Waals surface area contributed by atoms with Crippen molar-refractivity contribution < 1.29 is 0 Å². The van der Waals surface area contributed by atoms with Gasteiger partial charge < -0.3 is 0 Å². The molecule has 2 unspecified atom stereocenters. The van der Waals surface area contributed by atoms with Crippen molar-refractivity contribution in [1.29, 1.82) is 0 Å². The largest absolute Gasteiger partial charge is 0.285 e. The van der Waals surface area contributed by atoms with Crippen LogP contribution in [0.4, 0.5) is 0 Å². The topological polar surface area (TPSA) is 21.8 Å². The van der Waals surface area contributed by atoms with Crippen molar-refractivity contribution in [2.45, 2.75) is 56.4 Å². The molecule has 0 saturated carbocycles. The molecule has 0 radical (unpaired) electrons. The molecular weight excluding hydrogens is 324 g/mol. The molecule has 4 nitrogen and oxygen atoms in total. The second-order valence-corrected chi connectivity index (χ2v) is 8.34. The Hall–Kier alpha value is 0.830. The van der Waals surface area contributed by atoms with Crippen LogP contribution in [0.3, 0.4) is 0 Å². The third kappa shape index (κ3) is 6.09. The molecule has 0 aromatic carbocycles. The number of hydrogen-bond acceptors (Lipinski definition) is 6. The van der Waals surface area contributed by atoms with E-state index in [2.05, 4.69) is 41.3 Å². The zero-order valence-electron chi connectivity index (χ0n) is 13.6. The van der Waals surface area contributed by atoms with E-state index in [1.54, 1.807) is 0 Å². The number of rotatable bonds is 7. The molecule has 0 aromatic heterocycles. The normalized spacial score (nSPS) is 28.0. The Morgan fingerprint density at radius 1 is 1.10 bits per heavy atom. The molecule has 7 heteroatoms. The van der Waals surface area contributed by atoms with Crippen molar-refractivity contribution in [3.05, 3.63) is 0 Å². The van der Waals surface area contributed by atoms with Crippen LogP contribution in [0, 0.1) is 0 Å². The summed E-state index contributed by atoms with van der Waals surface area (Å²) < 4.78 is 0. The Bertz CT molecular complexity index is 284. The van der Waals surface area contributed by atoms with Gasteiger partial charge in [-0.1, -0.05) is 47.8 Å². The lowest BCUT2D eigenvalue weighted by atomic mass is 10.2. The van der Waals surface area contributed by atoms with Crippen LogP contribution in [0.2, 0.25) is 0 Å². The molecule has 0 spiro atoms. The number of hydrogen-bond donors (Lipinski definition) is 1. The molecule has 126 valence electrons.